The van der Waals surface area contributed by atoms with Gasteiger partial charge in [0.15, 0.2) is 0 Å². The molecular weight excluding hydrogens is 315 g/mol. The average molecular weight is 326 g/mol. The number of aryl methyl sites for hydroxylation is 2. The lowest BCUT2D eigenvalue weighted by Gasteiger charge is -2.06. The van der Waals surface area contributed by atoms with Gasteiger partial charge in [-0.1, -0.05) is 6.07 Å². The van der Waals surface area contributed by atoms with Crippen molar-refractivity contribution in [1.82, 2.24) is 9.97 Å². The molecule has 0 aliphatic carbocycles. The molecule has 2 rings (SSSR count). The van der Waals surface area contributed by atoms with Crippen LogP contribution in [-0.4, -0.2) is 9.97 Å². The van der Waals surface area contributed by atoms with Crippen molar-refractivity contribution in [2.24, 2.45) is 0 Å². The van der Waals surface area contributed by atoms with E-state index in [-0.39, 0.29) is 0 Å². The van der Waals surface area contributed by atoms with Gasteiger partial charge in [-0.05, 0) is 60.2 Å². The molecule has 0 amide bonds. The Morgan fingerprint density at radius 1 is 1.19 bits per heavy atom. The van der Waals surface area contributed by atoms with Gasteiger partial charge in [0, 0.05) is 11.9 Å². The first-order chi connectivity index (χ1) is 7.65. The molecule has 0 atom stereocenters. The maximum absolute atomic E-state index is 5.64. The first-order valence-electron chi connectivity index (χ1n) is 4.89. The largest absolute Gasteiger partial charge is 0.423 e. The topological polar surface area (TPSA) is 35.0 Å². The summed E-state index contributed by atoms with van der Waals surface area (Å²) in [5, 5.41) is 0. The molecule has 82 valence electrons. The summed E-state index contributed by atoms with van der Waals surface area (Å²) in [7, 11) is 0. The zero-order valence-corrected chi connectivity index (χ0v) is 11.2. The third-order valence-corrected chi connectivity index (χ3v) is 2.95. The maximum Gasteiger partial charge on any atom is 0.322 e. The number of halogens is 1. The fourth-order valence-corrected chi connectivity index (χ4v) is 1.71. The van der Waals surface area contributed by atoms with Gasteiger partial charge in [0.05, 0.1) is 3.57 Å². The molecule has 0 saturated heterocycles. The molecule has 16 heavy (non-hydrogen) atoms. The molecule has 0 radical (unpaired) electrons. The van der Waals surface area contributed by atoms with E-state index in [0.717, 1.165) is 20.6 Å². The molecule has 1 heterocycles. The lowest BCUT2D eigenvalue weighted by Crippen LogP contribution is -1.94. The zero-order chi connectivity index (χ0) is 11.5. The maximum atomic E-state index is 5.64. The summed E-state index contributed by atoms with van der Waals surface area (Å²) >= 11 is 2.23. The third kappa shape index (κ3) is 2.69. The SMILES string of the molecule is Cc1ccc(I)c(Oc2nccc(C)n2)c1. The third-order valence-electron chi connectivity index (χ3n) is 2.06. The Labute approximate surface area is 108 Å². The van der Waals surface area contributed by atoms with Crippen molar-refractivity contribution in [3.63, 3.8) is 0 Å². The summed E-state index contributed by atoms with van der Waals surface area (Å²) in [6.07, 6.45) is 1.69. The Morgan fingerprint density at radius 3 is 2.75 bits per heavy atom. The summed E-state index contributed by atoms with van der Waals surface area (Å²) in [6.45, 7) is 3.94. The van der Waals surface area contributed by atoms with Gasteiger partial charge in [-0.25, -0.2) is 9.97 Å². The van der Waals surface area contributed by atoms with E-state index in [1.807, 2.05) is 38.1 Å². The van der Waals surface area contributed by atoms with Gasteiger partial charge in [0.2, 0.25) is 0 Å². The van der Waals surface area contributed by atoms with Crippen LogP contribution in [0.2, 0.25) is 0 Å². The number of aromatic nitrogens is 2. The van der Waals surface area contributed by atoms with E-state index in [9.17, 15) is 0 Å². The summed E-state index contributed by atoms with van der Waals surface area (Å²) in [4.78, 5) is 8.27. The van der Waals surface area contributed by atoms with Crippen LogP contribution in [0.5, 0.6) is 11.8 Å². The molecule has 0 bridgehead atoms. The van der Waals surface area contributed by atoms with E-state index in [1.54, 1.807) is 6.20 Å². The Bertz CT molecular complexity index is 514. The summed E-state index contributed by atoms with van der Waals surface area (Å²) in [6, 6.07) is 8.28. The summed E-state index contributed by atoms with van der Waals surface area (Å²) in [5.41, 5.74) is 2.05. The minimum Gasteiger partial charge on any atom is -0.423 e. The van der Waals surface area contributed by atoms with Crippen molar-refractivity contribution in [3.05, 3.63) is 45.3 Å². The molecule has 0 aliphatic heterocycles. The molecule has 0 aliphatic rings. The molecule has 1 aromatic carbocycles. The van der Waals surface area contributed by atoms with Crippen molar-refractivity contribution in [2.75, 3.05) is 0 Å². The van der Waals surface area contributed by atoms with Crippen molar-refractivity contribution in [3.8, 4) is 11.8 Å². The quantitative estimate of drug-likeness (QED) is 0.793. The van der Waals surface area contributed by atoms with Gasteiger partial charge in [-0.3, -0.25) is 0 Å². The monoisotopic (exact) mass is 326 g/mol. The number of nitrogens with zero attached hydrogens (tertiary/aromatic N) is 2. The zero-order valence-electron chi connectivity index (χ0n) is 9.07. The van der Waals surface area contributed by atoms with Crippen LogP contribution in [-0.2, 0) is 0 Å². The molecule has 0 N–H and O–H groups in total. The molecule has 4 heteroatoms. The highest BCUT2D eigenvalue weighted by Gasteiger charge is 2.04. The molecule has 0 spiro atoms. The summed E-state index contributed by atoms with van der Waals surface area (Å²) in [5.74, 6) is 0.797. The van der Waals surface area contributed by atoms with Crippen LogP contribution in [0.25, 0.3) is 0 Å². The minimum absolute atomic E-state index is 0.392. The van der Waals surface area contributed by atoms with Crippen molar-refractivity contribution < 1.29 is 4.74 Å². The van der Waals surface area contributed by atoms with E-state index in [4.69, 9.17) is 4.74 Å². The molecular formula is C12H11IN2O. The highest BCUT2D eigenvalue weighted by Crippen LogP contribution is 2.25. The Kier molecular flexibility index (Phi) is 3.38. The second-order valence-corrected chi connectivity index (χ2v) is 4.68. The van der Waals surface area contributed by atoms with Crippen LogP contribution in [0.1, 0.15) is 11.3 Å². The van der Waals surface area contributed by atoms with Crippen LogP contribution in [0.15, 0.2) is 30.5 Å². The van der Waals surface area contributed by atoms with Crippen LogP contribution in [0, 0.1) is 17.4 Å². The molecule has 2 aromatic rings. The van der Waals surface area contributed by atoms with Crippen LogP contribution < -0.4 is 4.74 Å². The smallest absolute Gasteiger partial charge is 0.322 e. The average Bonchev–Trinajstić information content (AvgIpc) is 2.24. The van der Waals surface area contributed by atoms with E-state index in [1.165, 1.54) is 0 Å². The van der Waals surface area contributed by atoms with E-state index in [0.29, 0.717) is 6.01 Å². The van der Waals surface area contributed by atoms with Crippen molar-refractivity contribution >= 4 is 22.6 Å². The fourth-order valence-electron chi connectivity index (χ4n) is 1.26. The predicted octanol–water partition coefficient (Wildman–Crippen LogP) is 3.49. The minimum atomic E-state index is 0.392. The van der Waals surface area contributed by atoms with E-state index < -0.39 is 0 Å². The summed E-state index contributed by atoms with van der Waals surface area (Å²) < 4.78 is 6.69. The van der Waals surface area contributed by atoms with Gasteiger partial charge >= 0.3 is 6.01 Å². The predicted molar refractivity (Wildman–Crippen MR) is 70.7 cm³/mol. The molecule has 3 nitrogen and oxygen atoms in total. The van der Waals surface area contributed by atoms with Crippen molar-refractivity contribution in [2.45, 2.75) is 13.8 Å². The van der Waals surface area contributed by atoms with Gasteiger partial charge in [0.25, 0.3) is 0 Å². The molecule has 1 aromatic heterocycles. The second-order valence-electron chi connectivity index (χ2n) is 3.52. The highest BCUT2D eigenvalue weighted by atomic mass is 127. The Hall–Kier alpha value is -1.17. The number of benzene rings is 1. The lowest BCUT2D eigenvalue weighted by atomic mass is 10.2. The van der Waals surface area contributed by atoms with Gasteiger partial charge < -0.3 is 4.74 Å². The van der Waals surface area contributed by atoms with E-state index in [2.05, 4.69) is 32.6 Å². The van der Waals surface area contributed by atoms with Gasteiger partial charge in [-0.15, -0.1) is 0 Å². The first kappa shape index (κ1) is 11.3. The Morgan fingerprint density at radius 2 is 2.00 bits per heavy atom. The lowest BCUT2D eigenvalue weighted by molar-refractivity contribution is 0.437. The fraction of sp³-hybridized carbons (Fsp3) is 0.167. The first-order valence-corrected chi connectivity index (χ1v) is 5.97. The normalized spacial score (nSPS) is 10.2. The Balaban J connectivity index is 2.30. The van der Waals surface area contributed by atoms with Crippen molar-refractivity contribution in [1.29, 1.82) is 0 Å². The molecule has 0 saturated carbocycles. The molecule has 0 unspecified atom stereocenters. The number of hydrogen-bond acceptors (Lipinski definition) is 3. The second kappa shape index (κ2) is 4.78. The van der Waals surface area contributed by atoms with Crippen LogP contribution in [0.3, 0.4) is 0 Å². The number of hydrogen-bond donors (Lipinski definition) is 0. The molecule has 0 fully saturated rings. The van der Waals surface area contributed by atoms with E-state index >= 15 is 0 Å². The number of ether oxygens (including phenoxy) is 1. The number of rotatable bonds is 2. The van der Waals surface area contributed by atoms with Gasteiger partial charge in [0.1, 0.15) is 5.75 Å². The van der Waals surface area contributed by atoms with Gasteiger partial charge in [-0.2, -0.15) is 0 Å². The standard InChI is InChI=1S/C12H11IN2O/c1-8-3-4-10(13)11(7-8)16-12-14-6-5-9(2)15-12/h3-7H,1-2H3. The van der Waals surface area contributed by atoms with Crippen LogP contribution in [0.4, 0.5) is 0 Å². The highest BCUT2D eigenvalue weighted by molar-refractivity contribution is 14.1. The van der Waals surface area contributed by atoms with Crippen LogP contribution >= 0.6 is 22.6 Å².